The van der Waals surface area contributed by atoms with Gasteiger partial charge < -0.3 is 19.9 Å². The number of nitrogens with zero attached hydrogens (tertiary/aromatic N) is 1. The first-order valence-electron chi connectivity index (χ1n) is 11.3. The highest BCUT2D eigenvalue weighted by Crippen LogP contribution is 2.32. The topological polar surface area (TPSA) is 88.1 Å². The largest absolute Gasteiger partial charge is 0.458 e. The second kappa shape index (κ2) is 11.1. The number of carbonyl (C=O) groups is 2. The number of likely N-dealkylation sites (tertiary alicyclic amines) is 1. The van der Waals surface area contributed by atoms with E-state index >= 15 is 0 Å². The summed E-state index contributed by atoms with van der Waals surface area (Å²) in [7, 11) is 0. The third-order valence-corrected chi connectivity index (χ3v) is 6.61. The van der Waals surface area contributed by atoms with Gasteiger partial charge in [-0.2, -0.15) is 0 Å². The van der Waals surface area contributed by atoms with Crippen molar-refractivity contribution in [3.05, 3.63) is 57.3 Å². The second-order valence-corrected chi connectivity index (χ2v) is 10.6. The Labute approximate surface area is 199 Å². The van der Waals surface area contributed by atoms with Gasteiger partial charge in [-0.15, -0.1) is 11.3 Å². The second-order valence-electron chi connectivity index (χ2n) is 9.41. The van der Waals surface area contributed by atoms with Crippen molar-refractivity contribution in [2.45, 2.75) is 71.4 Å². The summed E-state index contributed by atoms with van der Waals surface area (Å²) in [4.78, 5) is 29.6. The summed E-state index contributed by atoms with van der Waals surface area (Å²) in [5.74, 6) is -0.708. The molecule has 180 valence electrons. The molecule has 2 N–H and O–H groups in total. The third kappa shape index (κ3) is 7.55. The number of benzene rings is 1. The Morgan fingerprint density at radius 2 is 1.85 bits per heavy atom. The van der Waals surface area contributed by atoms with Crippen LogP contribution in [0, 0.1) is 6.92 Å². The maximum atomic E-state index is 12.9. The normalized spacial score (nSPS) is 16.3. The number of aryl methyl sites for hydroxylation is 1. The molecule has 7 nitrogen and oxygen atoms in total. The van der Waals surface area contributed by atoms with Gasteiger partial charge >= 0.3 is 12.1 Å². The van der Waals surface area contributed by atoms with E-state index in [1.54, 1.807) is 20.8 Å². The van der Waals surface area contributed by atoms with Crippen molar-refractivity contribution in [2.24, 2.45) is 0 Å². The van der Waals surface area contributed by atoms with Crippen molar-refractivity contribution >= 4 is 23.4 Å². The fourth-order valence-corrected chi connectivity index (χ4v) is 5.01. The van der Waals surface area contributed by atoms with E-state index in [9.17, 15) is 14.7 Å². The van der Waals surface area contributed by atoms with Crippen LogP contribution in [-0.4, -0.2) is 46.8 Å². The van der Waals surface area contributed by atoms with Crippen LogP contribution in [-0.2, 0) is 27.4 Å². The molecule has 33 heavy (non-hydrogen) atoms. The predicted molar refractivity (Wildman–Crippen MR) is 128 cm³/mol. The lowest BCUT2D eigenvalue weighted by Gasteiger charge is -2.27. The summed E-state index contributed by atoms with van der Waals surface area (Å²) < 4.78 is 10.8. The first kappa shape index (κ1) is 25.2. The van der Waals surface area contributed by atoms with Crippen LogP contribution in [0.3, 0.4) is 0 Å². The molecule has 2 atom stereocenters. The highest BCUT2D eigenvalue weighted by atomic mass is 32.1. The molecule has 1 aliphatic heterocycles. The number of amides is 1. The molecule has 1 fully saturated rings. The molecule has 3 rings (SSSR count). The highest BCUT2D eigenvalue weighted by Gasteiger charge is 2.36. The minimum absolute atomic E-state index is 0.0574. The maximum absolute atomic E-state index is 12.9. The zero-order valence-corrected chi connectivity index (χ0v) is 20.6. The van der Waals surface area contributed by atoms with Gasteiger partial charge in [0.25, 0.3) is 0 Å². The number of hydrogen-bond acceptors (Lipinski definition) is 7. The van der Waals surface area contributed by atoms with E-state index in [0.29, 0.717) is 4.88 Å². The van der Waals surface area contributed by atoms with E-state index in [1.165, 1.54) is 24.2 Å². The van der Waals surface area contributed by atoms with Crippen LogP contribution < -0.4 is 5.32 Å². The molecule has 0 aliphatic carbocycles. The Balaban J connectivity index is 1.73. The predicted octanol–water partition coefficient (Wildman–Crippen LogP) is 4.32. The smallest absolute Gasteiger partial charge is 0.408 e. The lowest BCUT2D eigenvalue weighted by Crippen LogP contribution is -2.47. The van der Waals surface area contributed by atoms with Crippen molar-refractivity contribution in [1.29, 1.82) is 0 Å². The monoisotopic (exact) mass is 474 g/mol. The molecule has 0 spiro atoms. The number of thiophene rings is 1. The zero-order chi connectivity index (χ0) is 24.0. The number of hydrogen-bond donors (Lipinski definition) is 2. The Kier molecular flexibility index (Phi) is 8.51. The summed E-state index contributed by atoms with van der Waals surface area (Å²) >= 11 is 1.46. The van der Waals surface area contributed by atoms with Gasteiger partial charge in [0, 0.05) is 16.3 Å². The molecule has 2 heterocycles. The van der Waals surface area contributed by atoms with Crippen LogP contribution in [0.2, 0.25) is 0 Å². The quantitative estimate of drug-likeness (QED) is 0.554. The van der Waals surface area contributed by atoms with Crippen molar-refractivity contribution in [1.82, 2.24) is 10.2 Å². The third-order valence-electron chi connectivity index (χ3n) is 5.32. The van der Waals surface area contributed by atoms with E-state index in [1.807, 2.05) is 43.3 Å². The number of ether oxygens (including phenoxy) is 2. The first-order valence-corrected chi connectivity index (χ1v) is 12.1. The van der Waals surface area contributed by atoms with E-state index in [-0.39, 0.29) is 6.61 Å². The van der Waals surface area contributed by atoms with Crippen LogP contribution in [0.25, 0.3) is 0 Å². The van der Waals surface area contributed by atoms with Gasteiger partial charge in [0.1, 0.15) is 18.3 Å². The number of nitrogens with one attached hydrogen (secondary N) is 1. The molecule has 1 aromatic heterocycles. The van der Waals surface area contributed by atoms with Crippen LogP contribution in [0.1, 0.15) is 60.6 Å². The SMILES string of the molecule is Cc1cc(CN2CCCC2)sc1C(O)C(NC(=O)OCc1ccccc1)C(=O)OC(C)(C)C. The fraction of sp³-hybridized carbons (Fsp3) is 0.520. The molecule has 0 saturated carbocycles. The van der Waals surface area contributed by atoms with Gasteiger partial charge in [0.15, 0.2) is 6.04 Å². The Morgan fingerprint density at radius 1 is 1.18 bits per heavy atom. The number of aliphatic hydroxyl groups is 1. The lowest BCUT2D eigenvalue weighted by molar-refractivity contribution is -0.160. The van der Waals surface area contributed by atoms with Crippen molar-refractivity contribution in [3.8, 4) is 0 Å². The summed E-state index contributed by atoms with van der Waals surface area (Å²) in [6, 6.07) is 10.0. The highest BCUT2D eigenvalue weighted by molar-refractivity contribution is 7.12. The number of carbonyl (C=O) groups excluding carboxylic acids is 2. The molecule has 8 heteroatoms. The first-order chi connectivity index (χ1) is 15.6. The molecule has 1 saturated heterocycles. The molecule has 0 bridgehead atoms. The zero-order valence-electron chi connectivity index (χ0n) is 19.8. The van der Waals surface area contributed by atoms with Crippen molar-refractivity contribution < 1.29 is 24.2 Å². The van der Waals surface area contributed by atoms with E-state index in [2.05, 4.69) is 10.2 Å². The van der Waals surface area contributed by atoms with Crippen molar-refractivity contribution in [3.63, 3.8) is 0 Å². The van der Waals surface area contributed by atoms with Crippen LogP contribution in [0.4, 0.5) is 4.79 Å². The number of esters is 1. The average molecular weight is 475 g/mol. The maximum Gasteiger partial charge on any atom is 0.408 e. The minimum Gasteiger partial charge on any atom is -0.458 e. The summed E-state index contributed by atoms with van der Waals surface area (Å²) in [5.41, 5.74) is 0.938. The van der Waals surface area contributed by atoms with Gasteiger partial charge in [-0.05, 0) is 70.8 Å². The number of alkyl carbamates (subject to hydrolysis) is 1. The fourth-order valence-electron chi connectivity index (χ4n) is 3.77. The molecular weight excluding hydrogens is 440 g/mol. The molecule has 1 aromatic carbocycles. The Bertz CT molecular complexity index is 932. The number of aliphatic hydroxyl groups excluding tert-OH is 1. The standard InChI is InChI=1S/C25H34N2O5S/c1-17-14-19(15-27-12-8-9-13-27)33-22(17)21(28)20(23(29)32-25(2,3)4)26-24(30)31-16-18-10-6-5-7-11-18/h5-7,10-11,14,20-21,28H,8-9,12-13,15-16H2,1-4H3,(H,26,30). The van der Waals surface area contributed by atoms with Gasteiger partial charge in [-0.3, -0.25) is 4.90 Å². The van der Waals surface area contributed by atoms with Gasteiger partial charge in [0.05, 0.1) is 0 Å². The van der Waals surface area contributed by atoms with E-state index in [4.69, 9.17) is 9.47 Å². The van der Waals surface area contributed by atoms with E-state index in [0.717, 1.165) is 35.6 Å². The minimum atomic E-state index is -1.29. The van der Waals surface area contributed by atoms with Gasteiger partial charge in [0.2, 0.25) is 0 Å². The molecule has 1 amide bonds. The molecule has 2 aromatic rings. The Hall–Kier alpha value is -2.42. The summed E-state index contributed by atoms with van der Waals surface area (Å²) in [6.45, 7) is 10.2. The molecule has 2 unspecified atom stereocenters. The molecule has 0 radical (unpaired) electrons. The van der Waals surface area contributed by atoms with Gasteiger partial charge in [-0.1, -0.05) is 30.3 Å². The summed E-state index contributed by atoms with van der Waals surface area (Å²) in [5, 5.41) is 13.7. The van der Waals surface area contributed by atoms with Crippen molar-refractivity contribution in [2.75, 3.05) is 13.1 Å². The van der Waals surface area contributed by atoms with E-state index < -0.39 is 29.8 Å². The van der Waals surface area contributed by atoms with Crippen LogP contribution in [0.15, 0.2) is 36.4 Å². The number of rotatable bonds is 8. The molecule has 1 aliphatic rings. The van der Waals surface area contributed by atoms with Crippen LogP contribution >= 0.6 is 11.3 Å². The molecular formula is C25H34N2O5S. The Morgan fingerprint density at radius 3 is 2.48 bits per heavy atom. The van der Waals surface area contributed by atoms with Crippen LogP contribution in [0.5, 0.6) is 0 Å². The average Bonchev–Trinajstić information content (AvgIpc) is 3.39. The summed E-state index contributed by atoms with van der Waals surface area (Å²) in [6.07, 6.45) is 0.368. The lowest BCUT2D eigenvalue weighted by atomic mass is 10.1. The van der Waals surface area contributed by atoms with Gasteiger partial charge in [-0.25, -0.2) is 9.59 Å².